The van der Waals surface area contributed by atoms with Crippen LogP contribution in [0.1, 0.15) is 53.9 Å². The normalized spacial score (nSPS) is 16.2. The molecular weight excluding hydrogens is 158 g/mol. The maximum absolute atomic E-state index is 3.62. The van der Waals surface area contributed by atoms with Crippen LogP contribution < -0.4 is 5.32 Å². The van der Waals surface area contributed by atoms with E-state index in [2.05, 4.69) is 39.9 Å². The van der Waals surface area contributed by atoms with Crippen LogP contribution in [0, 0.1) is 11.8 Å². The van der Waals surface area contributed by atoms with E-state index in [9.17, 15) is 0 Å². The van der Waals surface area contributed by atoms with Crippen LogP contribution >= 0.6 is 0 Å². The van der Waals surface area contributed by atoms with Crippen LogP contribution in [0.2, 0.25) is 0 Å². The summed E-state index contributed by atoms with van der Waals surface area (Å²) in [7, 11) is 0. The number of nitrogens with one attached hydrogen (secondary N) is 1. The number of hydrogen-bond acceptors (Lipinski definition) is 1. The topological polar surface area (TPSA) is 12.0 Å². The van der Waals surface area contributed by atoms with Crippen LogP contribution in [0.5, 0.6) is 0 Å². The maximum Gasteiger partial charge on any atom is 0.00974 e. The van der Waals surface area contributed by atoms with Gasteiger partial charge in [0, 0.05) is 6.04 Å². The minimum atomic E-state index is 0.736. The van der Waals surface area contributed by atoms with Crippen molar-refractivity contribution in [2.45, 2.75) is 59.9 Å². The first kappa shape index (κ1) is 13.0. The molecule has 0 aliphatic heterocycles. The highest BCUT2D eigenvalue weighted by atomic mass is 14.9. The fourth-order valence-corrected chi connectivity index (χ4v) is 2.26. The summed E-state index contributed by atoms with van der Waals surface area (Å²) in [4.78, 5) is 0. The smallest absolute Gasteiger partial charge is 0.00974 e. The van der Waals surface area contributed by atoms with E-state index in [1.165, 1.54) is 19.3 Å². The second-order valence-corrected chi connectivity index (χ2v) is 4.27. The largest absolute Gasteiger partial charge is 0.314 e. The van der Waals surface area contributed by atoms with Gasteiger partial charge in [0.1, 0.15) is 0 Å². The third-order valence-electron chi connectivity index (χ3n) is 2.91. The Morgan fingerprint density at radius 2 is 1.69 bits per heavy atom. The minimum Gasteiger partial charge on any atom is -0.314 e. The van der Waals surface area contributed by atoms with Gasteiger partial charge in [0.2, 0.25) is 0 Å². The first-order valence-electron chi connectivity index (χ1n) is 5.90. The first-order valence-corrected chi connectivity index (χ1v) is 5.90. The molecule has 0 bridgehead atoms. The summed E-state index contributed by atoms with van der Waals surface area (Å²) in [6.07, 6.45) is 3.92. The van der Waals surface area contributed by atoms with Gasteiger partial charge in [-0.05, 0) is 24.8 Å². The highest BCUT2D eigenvalue weighted by molar-refractivity contribution is 4.77. The van der Waals surface area contributed by atoms with Crippen LogP contribution in [0.4, 0.5) is 0 Å². The third-order valence-corrected chi connectivity index (χ3v) is 2.91. The van der Waals surface area contributed by atoms with Gasteiger partial charge in [-0.25, -0.2) is 0 Å². The van der Waals surface area contributed by atoms with Crippen LogP contribution in [-0.4, -0.2) is 12.6 Å². The monoisotopic (exact) mass is 185 g/mol. The van der Waals surface area contributed by atoms with Gasteiger partial charge in [-0.2, -0.15) is 0 Å². The molecule has 0 saturated carbocycles. The SMILES string of the molecule is CCCC(NCC)C(CC)C(C)C. The summed E-state index contributed by atoms with van der Waals surface area (Å²) in [5, 5.41) is 3.62. The Morgan fingerprint density at radius 1 is 1.08 bits per heavy atom. The maximum atomic E-state index is 3.62. The highest BCUT2D eigenvalue weighted by Gasteiger charge is 2.20. The van der Waals surface area contributed by atoms with Crippen molar-refractivity contribution in [2.75, 3.05) is 6.54 Å². The second-order valence-electron chi connectivity index (χ2n) is 4.27. The van der Waals surface area contributed by atoms with Crippen molar-refractivity contribution in [1.82, 2.24) is 5.32 Å². The van der Waals surface area contributed by atoms with Gasteiger partial charge >= 0.3 is 0 Å². The lowest BCUT2D eigenvalue weighted by atomic mass is 9.84. The van der Waals surface area contributed by atoms with Gasteiger partial charge < -0.3 is 5.32 Å². The molecule has 0 aromatic heterocycles. The molecule has 2 unspecified atom stereocenters. The predicted octanol–water partition coefficient (Wildman–Crippen LogP) is 3.45. The molecule has 1 nitrogen and oxygen atoms in total. The quantitative estimate of drug-likeness (QED) is 0.640. The minimum absolute atomic E-state index is 0.736. The van der Waals surface area contributed by atoms with E-state index in [4.69, 9.17) is 0 Å². The standard InChI is InChI=1S/C12H27N/c1-6-9-12(13-8-3)11(7-2)10(4)5/h10-13H,6-9H2,1-5H3. The molecule has 0 aliphatic carbocycles. The lowest BCUT2D eigenvalue weighted by Gasteiger charge is -2.29. The lowest BCUT2D eigenvalue weighted by Crippen LogP contribution is -2.38. The molecular formula is C12H27N. The molecule has 1 heteroatoms. The van der Waals surface area contributed by atoms with Gasteiger partial charge in [0.15, 0.2) is 0 Å². The van der Waals surface area contributed by atoms with E-state index in [0.717, 1.165) is 24.4 Å². The van der Waals surface area contributed by atoms with Gasteiger partial charge in [0.25, 0.3) is 0 Å². The van der Waals surface area contributed by atoms with Gasteiger partial charge in [-0.15, -0.1) is 0 Å². The Balaban J connectivity index is 4.11. The van der Waals surface area contributed by atoms with Crippen LogP contribution in [-0.2, 0) is 0 Å². The van der Waals surface area contributed by atoms with Crippen LogP contribution in [0.3, 0.4) is 0 Å². The van der Waals surface area contributed by atoms with Crippen molar-refractivity contribution in [3.05, 3.63) is 0 Å². The first-order chi connectivity index (χ1) is 6.17. The van der Waals surface area contributed by atoms with Crippen molar-refractivity contribution in [3.63, 3.8) is 0 Å². The van der Waals surface area contributed by atoms with Gasteiger partial charge in [-0.3, -0.25) is 0 Å². The highest BCUT2D eigenvalue weighted by Crippen LogP contribution is 2.22. The third kappa shape index (κ3) is 4.66. The average Bonchev–Trinajstić information content (AvgIpc) is 2.05. The molecule has 0 radical (unpaired) electrons. The summed E-state index contributed by atoms with van der Waals surface area (Å²) in [5.41, 5.74) is 0. The van der Waals surface area contributed by atoms with Crippen LogP contribution in [0.25, 0.3) is 0 Å². The lowest BCUT2D eigenvalue weighted by molar-refractivity contribution is 0.258. The van der Waals surface area contributed by atoms with Crippen molar-refractivity contribution in [3.8, 4) is 0 Å². The average molecular weight is 185 g/mol. The summed E-state index contributed by atoms with van der Waals surface area (Å²) >= 11 is 0. The van der Waals surface area contributed by atoms with E-state index >= 15 is 0 Å². The Hall–Kier alpha value is -0.0400. The summed E-state index contributed by atoms with van der Waals surface area (Å²) in [6, 6.07) is 0.736. The zero-order valence-electron chi connectivity index (χ0n) is 10.1. The fourth-order valence-electron chi connectivity index (χ4n) is 2.26. The zero-order chi connectivity index (χ0) is 10.3. The van der Waals surface area contributed by atoms with Crippen molar-refractivity contribution >= 4 is 0 Å². The summed E-state index contributed by atoms with van der Waals surface area (Å²) < 4.78 is 0. The fraction of sp³-hybridized carbons (Fsp3) is 1.00. The molecule has 0 rings (SSSR count). The van der Waals surface area contributed by atoms with E-state index < -0.39 is 0 Å². The molecule has 0 aromatic rings. The van der Waals surface area contributed by atoms with Crippen molar-refractivity contribution < 1.29 is 0 Å². The summed E-state index contributed by atoms with van der Waals surface area (Å²) in [5.74, 6) is 1.65. The van der Waals surface area contributed by atoms with Crippen molar-refractivity contribution in [2.24, 2.45) is 11.8 Å². The molecule has 0 aliphatic rings. The molecule has 1 N–H and O–H groups in total. The molecule has 0 saturated heterocycles. The second kappa shape index (κ2) is 7.37. The Kier molecular flexibility index (Phi) is 7.35. The number of hydrogen-bond donors (Lipinski definition) is 1. The molecule has 0 heterocycles. The Labute approximate surface area is 84.3 Å². The Bertz CT molecular complexity index is 104. The molecule has 0 fully saturated rings. The van der Waals surface area contributed by atoms with Gasteiger partial charge in [-0.1, -0.05) is 47.5 Å². The van der Waals surface area contributed by atoms with Crippen molar-refractivity contribution in [1.29, 1.82) is 0 Å². The zero-order valence-corrected chi connectivity index (χ0v) is 10.1. The molecule has 13 heavy (non-hydrogen) atoms. The summed E-state index contributed by atoms with van der Waals surface area (Å²) in [6.45, 7) is 12.6. The number of rotatable bonds is 7. The molecule has 2 atom stereocenters. The van der Waals surface area contributed by atoms with E-state index in [1.807, 2.05) is 0 Å². The Morgan fingerprint density at radius 3 is 2.00 bits per heavy atom. The van der Waals surface area contributed by atoms with E-state index in [1.54, 1.807) is 0 Å². The van der Waals surface area contributed by atoms with Gasteiger partial charge in [0.05, 0.1) is 0 Å². The van der Waals surface area contributed by atoms with Crippen LogP contribution in [0.15, 0.2) is 0 Å². The predicted molar refractivity (Wildman–Crippen MR) is 61.0 cm³/mol. The molecule has 0 spiro atoms. The van der Waals surface area contributed by atoms with E-state index in [-0.39, 0.29) is 0 Å². The molecule has 0 amide bonds. The molecule has 80 valence electrons. The molecule has 0 aromatic carbocycles. The van der Waals surface area contributed by atoms with E-state index in [0.29, 0.717) is 0 Å².